The van der Waals surface area contributed by atoms with Gasteiger partial charge in [-0.05, 0) is 26.0 Å². The van der Waals surface area contributed by atoms with Crippen molar-refractivity contribution in [1.29, 1.82) is 0 Å². The number of ether oxygens (including phenoxy) is 1. The molecule has 0 bridgehead atoms. The Balaban J connectivity index is 1.84. The number of nitrogens with one attached hydrogen (secondary N) is 1. The molecule has 3 aromatic heterocycles. The predicted octanol–water partition coefficient (Wildman–Crippen LogP) is 1.68. The number of hydrogen-bond donors (Lipinski definition) is 1. The Morgan fingerprint density at radius 2 is 2.23 bits per heavy atom. The summed E-state index contributed by atoms with van der Waals surface area (Å²) in [4.78, 5) is 7.13. The number of aromatic nitrogens is 5. The van der Waals surface area contributed by atoms with Gasteiger partial charge in [-0.15, -0.1) is 0 Å². The second-order valence-electron chi connectivity index (χ2n) is 5.60. The van der Waals surface area contributed by atoms with Gasteiger partial charge in [-0.1, -0.05) is 0 Å². The van der Waals surface area contributed by atoms with Crippen molar-refractivity contribution >= 4 is 16.9 Å². The van der Waals surface area contributed by atoms with Crippen LogP contribution in [0.15, 0.2) is 24.4 Å². The lowest BCUT2D eigenvalue weighted by Crippen LogP contribution is -2.44. The van der Waals surface area contributed by atoms with Crippen molar-refractivity contribution in [2.24, 2.45) is 0 Å². The zero-order chi connectivity index (χ0) is 15.1. The topological polar surface area (TPSA) is 71.9 Å². The molecule has 1 atom stereocenters. The van der Waals surface area contributed by atoms with E-state index in [2.05, 4.69) is 39.3 Å². The molecule has 7 heteroatoms. The van der Waals surface area contributed by atoms with Gasteiger partial charge in [0.15, 0.2) is 11.5 Å². The molecule has 3 aromatic rings. The normalized spacial score (nSPS) is 19.0. The Morgan fingerprint density at radius 1 is 1.32 bits per heavy atom. The zero-order valence-electron chi connectivity index (χ0n) is 12.7. The van der Waals surface area contributed by atoms with Crippen LogP contribution in [0.25, 0.3) is 16.9 Å². The van der Waals surface area contributed by atoms with E-state index in [-0.39, 0.29) is 0 Å². The number of morpholine rings is 1. The molecule has 1 fully saturated rings. The molecule has 0 spiro atoms. The van der Waals surface area contributed by atoms with Gasteiger partial charge in [0, 0.05) is 18.0 Å². The second-order valence-corrected chi connectivity index (χ2v) is 5.60. The van der Waals surface area contributed by atoms with Crippen LogP contribution in [-0.2, 0) is 4.74 Å². The molecule has 1 N–H and O–H groups in total. The first kappa shape index (κ1) is 13.3. The van der Waals surface area contributed by atoms with E-state index in [1.807, 2.05) is 17.7 Å². The van der Waals surface area contributed by atoms with E-state index in [0.717, 1.165) is 48.1 Å². The van der Waals surface area contributed by atoms with Crippen molar-refractivity contribution in [2.75, 3.05) is 24.7 Å². The van der Waals surface area contributed by atoms with Crippen molar-refractivity contribution in [2.45, 2.75) is 19.9 Å². The molecule has 0 amide bonds. The third kappa shape index (κ3) is 2.05. The summed E-state index contributed by atoms with van der Waals surface area (Å²) in [5.74, 6) is 1.78. The largest absolute Gasteiger partial charge is 0.377 e. The van der Waals surface area contributed by atoms with Crippen molar-refractivity contribution in [3.05, 3.63) is 30.1 Å². The summed E-state index contributed by atoms with van der Waals surface area (Å²) in [6.45, 7) is 6.48. The highest BCUT2D eigenvalue weighted by Crippen LogP contribution is 2.24. The lowest BCUT2D eigenvalue weighted by atomic mass is 10.2. The lowest BCUT2D eigenvalue weighted by molar-refractivity contribution is 0.0985. The maximum absolute atomic E-state index is 5.51. The van der Waals surface area contributed by atoms with Gasteiger partial charge in [0.2, 0.25) is 0 Å². The van der Waals surface area contributed by atoms with Crippen LogP contribution in [-0.4, -0.2) is 50.8 Å². The van der Waals surface area contributed by atoms with E-state index in [9.17, 15) is 0 Å². The molecule has 1 saturated heterocycles. The van der Waals surface area contributed by atoms with E-state index in [0.29, 0.717) is 6.04 Å². The van der Waals surface area contributed by atoms with Gasteiger partial charge in [-0.25, -0.2) is 4.98 Å². The summed E-state index contributed by atoms with van der Waals surface area (Å²) >= 11 is 0. The average molecular weight is 298 g/mol. The van der Waals surface area contributed by atoms with Crippen LogP contribution in [0.2, 0.25) is 0 Å². The molecule has 0 radical (unpaired) electrons. The summed E-state index contributed by atoms with van der Waals surface area (Å²) in [7, 11) is 0. The number of aromatic amines is 1. The van der Waals surface area contributed by atoms with Crippen molar-refractivity contribution < 1.29 is 4.74 Å². The molecular formula is C15H18N6O. The van der Waals surface area contributed by atoms with Crippen LogP contribution in [0, 0.1) is 6.92 Å². The van der Waals surface area contributed by atoms with Gasteiger partial charge in [-0.3, -0.25) is 5.10 Å². The summed E-state index contributed by atoms with van der Waals surface area (Å²) in [6, 6.07) is 6.37. The van der Waals surface area contributed by atoms with Crippen molar-refractivity contribution in [3.63, 3.8) is 0 Å². The molecule has 114 valence electrons. The fourth-order valence-electron chi connectivity index (χ4n) is 2.90. The zero-order valence-corrected chi connectivity index (χ0v) is 12.7. The van der Waals surface area contributed by atoms with Crippen LogP contribution >= 0.6 is 0 Å². The molecule has 22 heavy (non-hydrogen) atoms. The van der Waals surface area contributed by atoms with E-state index in [4.69, 9.17) is 9.72 Å². The summed E-state index contributed by atoms with van der Waals surface area (Å²) in [5.41, 5.74) is 1.80. The highest BCUT2D eigenvalue weighted by Gasteiger charge is 2.21. The maximum Gasteiger partial charge on any atom is 0.167 e. The minimum Gasteiger partial charge on any atom is -0.377 e. The van der Waals surface area contributed by atoms with Crippen LogP contribution in [0.3, 0.4) is 0 Å². The molecule has 0 aromatic carbocycles. The molecule has 4 heterocycles. The number of pyridine rings is 1. The molecule has 0 aliphatic carbocycles. The highest BCUT2D eigenvalue weighted by atomic mass is 16.5. The first-order valence-electron chi connectivity index (χ1n) is 7.44. The number of aryl methyl sites for hydroxylation is 1. The Bertz CT molecular complexity index is 794. The number of nitrogens with zero attached hydrogens (tertiary/aromatic N) is 5. The molecule has 4 rings (SSSR count). The standard InChI is InChI=1S/C15H18N6O/c1-10-9-22-8-7-20(10)13-4-3-12-11(2)19-21(15(12)17-13)14-5-6-16-18-14/h3-6,10H,7-9H2,1-2H3,(H,16,18). The molecular weight excluding hydrogens is 280 g/mol. The Labute approximate surface area is 127 Å². The van der Waals surface area contributed by atoms with Crippen molar-refractivity contribution in [1.82, 2.24) is 25.0 Å². The van der Waals surface area contributed by atoms with Crippen molar-refractivity contribution in [3.8, 4) is 5.82 Å². The monoisotopic (exact) mass is 298 g/mol. The Kier molecular flexibility index (Phi) is 3.07. The van der Waals surface area contributed by atoms with E-state index < -0.39 is 0 Å². The van der Waals surface area contributed by atoms with Gasteiger partial charge in [0.1, 0.15) is 5.82 Å². The average Bonchev–Trinajstić information content (AvgIpc) is 3.16. The number of H-pyrrole nitrogens is 1. The lowest BCUT2D eigenvalue weighted by Gasteiger charge is -2.34. The number of rotatable bonds is 2. The molecule has 1 aliphatic rings. The van der Waals surface area contributed by atoms with Gasteiger partial charge in [0.05, 0.1) is 31.1 Å². The number of fused-ring (bicyclic) bond motifs is 1. The fourth-order valence-corrected chi connectivity index (χ4v) is 2.90. The highest BCUT2D eigenvalue weighted by molar-refractivity contribution is 5.81. The molecule has 0 saturated carbocycles. The van der Waals surface area contributed by atoms with E-state index >= 15 is 0 Å². The quantitative estimate of drug-likeness (QED) is 0.779. The SMILES string of the molecule is Cc1nn(-c2ccn[nH]2)c2nc(N3CCOCC3C)ccc12. The van der Waals surface area contributed by atoms with Gasteiger partial charge < -0.3 is 9.64 Å². The van der Waals surface area contributed by atoms with Crippen LogP contribution < -0.4 is 4.90 Å². The summed E-state index contributed by atoms with van der Waals surface area (Å²) < 4.78 is 7.32. The minimum absolute atomic E-state index is 0.323. The smallest absolute Gasteiger partial charge is 0.167 e. The summed E-state index contributed by atoms with van der Waals surface area (Å²) in [6.07, 6.45) is 1.71. The number of hydrogen-bond acceptors (Lipinski definition) is 5. The van der Waals surface area contributed by atoms with E-state index in [1.165, 1.54) is 0 Å². The predicted molar refractivity (Wildman–Crippen MR) is 83.4 cm³/mol. The van der Waals surface area contributed by atoms with Gasteiger partial charge in [0.25, 0.3) is 0 Å². The Morgan fingerprint density at radius 3 is 3.00 bits per heavy atom. The maximum atomic E-state index is 5.51. The molecule has 1 unspecified atom stereocenters. The van der Waals surface area contributed by atoms with Crippen LogP contribution in [0.4, 0.5) is 5.82 Å². The molecule has 7 nitrogen and oxygen atoms in total. The first-order chi connectivity index (χ1) is 10.7. The third-order valence-electron chi connectivity index (χ3n) is 4.08. The summed E-state index contributed by atoms with van der Waals surface area (Å²) in [5, 5.41) is 12.6. The van der Waals surface area contributed by atoms with E-state index in [1.54, 1.807) is 6.20 Å². The first-order valence-corrected chi connectivity index (χ1v) is 7.44. The van der Waals surface area contributed by atoms with Gasteiger partial charge >= 0.3 is 0 Å². The number of anilines is 1. The van der Waals surface area contributed by atoms with Crippen LogP contribution in [0.5, 0.6) is 0 Å². The molecule has 1 aliphatic heterocycles. The Hall–Kier alpha value is -2.41. The van der Waals surface area contributed by atoms with Crippen LogP contribution in [0.1, 0.15) is 12.6 Å². The fraction of sp³-hybridized carbons (Fsp3) is 0.400. The third-order valence-corrected chi connectivity index (χ3v) is 4.08. The van der Waals surface area contributed by atoms with Gasteiger partial charge in [-0.2, -0.15) is 14.9 Å². The second kappa shape index (κ2) is 5.10. The minimum atomic E-state index is 0.323.